The predicted molar refractivity (Wildman–Crippen MR) is 280 cm³/mol. The van der Waals surface area contributed by atoms with Crippen molar-refractivity contribution in [2.24, 2.45) is 0 Å². The van der Waals surface area contributed by atoms with E-state index in [9.17, 15) is 14.3 Å². The molecular formula is C56H109NO7P+. The molecule has 0 saturated carbocycles. The highest BCUT2D eigenvalue weighted by Crippen LogP contribution is 2.43. The van der Waals surface area contributed by atoms with Gasteiger partial charge in [0.2, 0.25) is 0 Å². The molecule has 2 atom stereocenters. The number of phosphoric acid groups is 1. The number of carbonyl (C=O) groups is 1. The molecule has 384 valence electrons. The summed E-state index contributed by atoms with van der Waals surface area (Å²) >= 11 is 0. The first-order valence-electron chi connectivity index (χ1n) is 27.7. The van der Waals surface area contributed by atoms with Crippen LogP contribution in [0.4, 0.5) is 0 Å². The van der Waals surface area contributed by atoms with Gasteiger partial charge in [0.25, 0.3) is 0 Å². The highest BCUT2D eigenvalue weighted by molar-refractivity contribution is 7.47. The molecule has 0 aromatic carbocycles. The van der Waals surface area contributed by atoms with Crippen LogP contribution in [0.2, 0.25) is 0 Å². The number of phosphoric ester groups is 1. The van der Waals surface area contributed by atoms with E-state index in [1.165, 1.54) is 186 Å². The monoisotopic (exact) mass is 939 g/mol. The lowest BCUT2D eigenvalue weighted by Crippen LogP contribution is -2.37. The number of carbonyl (C=O) groups excluding carboxylic acids is 1. The van der Waals surface area contributed by atoms with Crippen molar-refractivity contribution in [2.45, 2.75) is 264 Å². The van der Waals surface area contributed by atoms with Crippen LogP contribution in [-0.2, 0) is 27.9 Å². The van der Waals surface area contributed by atoms with E-state index in [1.54, 1.807) is 0 Å². The number of rotatable bonds is 52. The number of unbranched alkanes of at least 4 members (excludes halogenated alkanes) is 32. The van der Waals surface area contributed by atoms with E-state index < -0.39 is 13.9 Å². The molecule has 0 saturated heterocycles. The van der Waals surface area contributed by atoms with Gasteiger partial charge in [-0.25, -0.2) is 4.57 Å². The van der Waals surface area contributed by atoms with E-state index in [-0.39, 0.29) is 25.8 Å². The molecule has 65 heavy (non-hydrogen) atoms. The Labute approximate surface area is 404 Å². The van der Waals surface area contributed by atoms with Crippen LogP contribution in [0, 0.1) is 0 Å². The number of allylic oxidation sites excluding steroid dienone is 6. The third kappa shape index (κ3) is 53.5. The predicted octanol–water partition coefficient (Wildman–Crippen LogP) is 17.3. The number of hydrogen-bond donors (Lipinski definition) is 1. The summed E-state index contributed by atoms with van der Waals surface area (Å²) in [7, 11) is 1.67. The number of ether oxygens (including phenoxy) is 2. The number of likely N-dealkylation sites (N-methyl/N-ethyl adjacent to an activating group) is 1. The van der Waals surface area contributed by atoms with Crippen molar-refractivity contribution in [1.29, 1.82) is 0 Å². The van der Waals surface area contributed by atoms with Crippen molar-refractivity contribution in [3.63, 3.8) is 0 Å². The van der Waals surface area contributed by atoms with Gasteiger partial charge in [-0.2, -0.15) is 0 Å². The Morgan fingerprint density at radius 1 is 0.477 bits per heavy atom. The zero-order valence-corrected chi connectivity index (χ0v) is 44.6. The summed E-state index contributed by atoms with van der Waals surface area (Å²) in [5.41, 5.74) is 0. The van der Waals surface area contributed by atoms with E-state index in [4.69, 9.17) is 18.5 Å². The van der Waals surface area contributed by atoms with Crippen molar-refractivity contribution in [2.75, 3.05) is 54.1 Å². The molecule has 0 bridgehead atoms. The zero-order valence-electron chi connectivity index (χ0n) is 43.7. The Morgan fingerprint density at radius 3 is 1.26 bits per heavy atom. The molecule has 0 radical (unpaired) electrons. The van der Waals surface area contributed by atoms with Gasteiger partial charge in [-0.15, -0.1) is 0 Å². The molecule has 0 aliphatic heterocycles. The molecule has 0 aromatic heterocycles. The second kappa shape index (κ2) is 49.2. The molecule has 0 fully saturated rings. The van der Waals surface area contributed by atoms with Crippen LogP contribution in [0.25, 0.3) is 0 Å². The van der Waals surface area contributed by atoms with Crippen LogP contribution >= 0.6 is 7.82 Å². The maximum atomic E-state index is 12.8. The van der Waals surface area contributed by atoms with Gasteiger partial charge in [0.05, 0.1) is 34.4 Å². The molecule has 0 rings (SSSR count). The molecule has 8 nitrogen and oxygen atoms in total. The minimum atomic E-state index is -4.28. The first-order valence-corrected chi connectivity index (χ1v) is 29.2. The molecule has 1 N–H and O–H groups in total. The van der Waals surface area contributed by atoms with Gasteiger partial charge >= 0.3 is 13.8 Å². The molecule has 2 unspecified atom stereocenters. The van der Waals surface area contributed by atoms with Crippen molar-refractivity contribution in [3.8, 4) is 0 Å². The minimum Gasteiger partial charge on any atom is -0.457 e. The largest absolute Gasteiger partial charge is 0.472 e. The molecule has 0 aliphatic carbocycles. The summed E-state index contributed by atoms with van der Waals surface area (Å²) in [6.07, 6.45) is 60.5. The van der Waals surface area contributed by atoms with E-state index in [0.29, 0.717) is 24.1 Å². The van der Waals surface area contributed by atoms with Crippen LogP contribution in [0.1, 0.15) is 258 Å². The average molecular weight is 939 g/mol. The quantitative estimate of drug-likeness (QED) is 0.0214. The van der Waals surface area contributed by atoms with Gasteiger partial charge in [0.15, 0.2) is 0 Å². The van der Waals surface area contributed by atoms with Gasteiger partial charge in [-0.3, -0.25) is 13.8 Å². The van der Waals surface area contributed by atoms with Gasteiger partial charge in [-0.05, 0) is 51.4 Å². The van der Waals surface area contributed by atoms with E-state index >= 15 is 0 Å². The molecule has 9 heteroatoms. The number of hydrogen-bond acceptors (Lipinski definition) is 6. The third-order valence-electron chi connectivity index (χ3n) is 12.2. The lowest BCUT2D eigenvalue weighted by atomic mass is 10.0. The Morgan fingerprint density at radius 2 is 0.846 bits per heavy atom. The third-order valence-corrected chi connectivity index (χ3v) is 13.2. The van der Waals surface area contributed by atoms with Gasteiger partial charge in [0, 0.05) is 13.0 Å². The van der Waals surface area contributed by atoms with Crippen LogP contribution in [0.3, 0.4) is 0 Å². The summed E-state index contributed by atoms with van der Waals surface area (Å²) < 4.78 is 35.2. The molecule has 0 amide bonds. The fourth-order valence-electron chi connectivity index (χ4n) is 7.92. The minimum absolute atomic E-state index is 0.0883. The smallest absolute Gasteiger partial charge is 0.457 e. The Hall–Kier alpha value is -1.28. The van der Waals surface area contributed by atoms with Crippen LogP contribution in [0.5, 0.6) is 0 Å². The fourth-order valence-corrected chi connectivity index (χ4v) is 8.66. The van der Waals surface area contributed by atoms with Gasteiger partial charge in [-0.1, -0.05) is 237 Å². The molecule has 0 spiro atoms. The lowest BCUT2D eigenvalue weighted by Gasteiger charge is -2.24. The lowest BCUT2D eigenvalue weighted by molar-refractivity contribution is -0.870. The summed E-state index contributed by atoms with van der Waals surface area (Å²) in [6.45, 7) is 5.65. The molecular weight excluding hydrogens is 830 g/mol. The van der Waals surface area contributed by atoms with Crippen molar-refractivity contribution < 1.29 is 37.3 Å². The second-order valence-electron chi connectivity index (χ2n) is 20.0. The normalized spacial score (nSPS) is 13.8. The van der Waals surface area contributed by atoms with E-state index in [0.717, 1.165) is 51.4 Å². The van der Waals surface area contributed by atoms with Crippen LogP contribution < -0.4 is 0 Å². The summed E-state index contributed by atoms with van der Waals surface area (Å²) in [6, 6.07) is 0. The summed E-state index contributed by atoms with van der Waals surface area (Å²) in [4.78, 5) is 23.1. The first-order chi connectivity index (χ1) is 31.6. The van der Waals surface area contributed by atoms with Crippen molar-refractivity contribution in [1.82, 2.24) is 0 Å². The fraction of sp³-hybridized carbons (Fsp3) is 0.875. The second-order valence-corrected chi connectivity index (χ2v) is 21.4. The maximum Gasteiger partial charge on any atom is 0.472 e. The van der Waals surface area contributed by atoms with E-state index in [1.807, 2.05) is 21.1 Å². The summed E-state index contributed by atoms with van der Waals surface area (Å²) in [5.74, 6) is -0.316. The standard InChI is InChI=1S/C56H108NO7P/c1-6-8-10-12-14-16-18-20-22-24-26-28-29-30-31-33-35-37-39-41-43-45-47-49-56(58)64-55(54-63-65(59,60)62-52-50-57(3,4)5)53-61-51-48-46-44-42-40-38-36-34-32-27-25-23-21-19-17-15-13-11-9-7-2/h18,20,24,26,29-30,55H,6-17,19,21-23,25,27-28,31-54H2,1-5H3/p+1/b20-18-,26-24-,30-29-. The maximum absolute atomic E-state index is 12.8. The van der Waals surface area contributed by atoms with Crippen LogP contribution in [0.15, 0.2) is 36.5 Å². The Balaban J connectivity index is 4.10. The van der Waals surface area contributed by atoms with Crippen LogP contribution in [-0.4, -0.2) is 75.6 Å². The Bertz CT molecular complexity index is 1140. The van der Waals surface area contributed by atoms with Gasteiger partial charge in [0.1, 0.15) is 19.3 Å². The number of nitrogens with zero attached hydrogens (tertiary/aromatic N) is 1. The SMILES string of the molecule is CCCCCCC/C=C\C/C=C\C/C=C\CCCCCCCCCCC(=O)OC(COCCCCCCCCCCCCCCCCCCCCCC)COP(=O)(O)OCC[N+](C)(C)C. The van der Waals surface area contributed by atoms with Crippen molar-refractivity contribution in [3.05, 3.63) is 36.5 Å². The first kappa shape index (κ1) is 63.7. The summed E-state index contributed by atoms with van der Waals surface area (Å²) in [5, 5.41) is 0. The van der Waals surface area contributed by atoms with Gasteiger partial charge < -0.3 is 18.9 Å². The Kier molecular flexibility index (Phi) is 48.2. The number of quaternary nitrogens is 1. The highest BCUT2D eigenvalue weighted by Gasteiger charge is 2.26. The van der Waals surface area contributed by atoms with Crippen molar-refractivity contribution >= 4 is 13.8 Å². The molecule has 0 aromatic rings. The number of esters is 1. The molecule has 0 aliphatic rings. The topological polar surface area (TPSA) is 91.3 Å². The van der Waals surface area contributed by atoms with E-state index in [2.05, 4.69) is 50.3 Å². The average Bonchev–Trinajstić information content (AvgIpc) is 3.27. The molecule has 0 heterocycles. The highest BCUT2D eigenvalue weighted by atomic mass is 31.2. The zero-order chi connectivity index (χ0) is 47.6.